The zero-order valence-corrected chi connectivity index (χ0v) is 7.75. The topological polar surface area (TPSA) is 33.4 Å². The fourth-order valence-corrected chi connectivity index (χ4v) is 1.54. The third-order valence-electron chi connectivity index (χ3n) is 2.15. The summed E-state index contributed by atoms with van der Waals surface area (Å²) in [7, 11) is 2.03. The Labute approximate surface area is 77.2 Å². The largest absolute Gasteiger partial charge is 0.354 e. The van der Waals surface area contributed by atoms with Crippen LogP contribution >= 0.6 is 0 Å². The van der Waals surface area contributed by atoms with Crippen molar-refractivity contribution in [3.63, 3.8) is 0 Å². The predicted molar refractivity (Wildman–Crippen MR) is 51.3 cm³/mol. The summed E-state index contributed by atoms with van der Waals surface area (Å²) >= 11 is 0. The fraction of sp³-hybridized carbons (Fsp3) is 0.333. The molecule has 13 heavy (non-hydrogen) atoms. The van der Waals surface area contributed by atoms with Crippen molar-refractivity contribution in [2.45, 2.75) is 13.1 Å². The molecule has 0 aliphatic carbocycles. The minimum atomic E-state index is 0.174. The van der Waals surface area contributed by atoms with Crippen molar-refractivity contribution in [1.82, 2.24) is 14.5 Å². The molecule has 0 N–H and O–H groups in total. The van der Waals surface area contributed by atoms with E-state index in [1.807, 2.05) is 37.1 Å². The normalized spacial score (nSPS) is 21.8. The summed E-state index contributed by atoms with van der Waals surface area (Å²) in [4.78, 5) is 10.4. The predicted octanol–water partition coefficient (Wildman–Crippen LogP) is 1.26. The van der Waals surface area contributed by atoms with Gasteiger partial charge in [0.15, 0.2) is 0 Å². The van der Waals surface area contributed by atoms with Crippen LogP contribution in [-0.2, 0) is 0 Å². The van der Waals surface area contributed by atoms with Crippen LogP contribution in [-0.4, -0.2) is 27.2 Å². The van der Waals surface area contributed by atoms with Crippen molar-refractivity contribution in [3.8, 4) is 0 Å². The van der Waals surface area contributed by atoms with Crippen LogP contribution in [0.4, 0.5) is 0 Å². The van der Waals surface area contributed by atoms with Gasteiger partial charge in [-0.05, 0) is 6.92 Å². The number of nitrogens with zero attached hydrogens (tertiary/aromatic N) is 4. The Morgan fingerprint density at radius 2 is 2.31 bits per heavy atom. The Bertz CT molecular complexity index is 337. The van der Waals surface area contributed by atoms with Crippen molar-refractivity contribution < 1.29 is 0 Å². The number of imidazole rings is 1. The standard InChI is InChI=1S/C9H12N4/c1-8-9(12(2)5-4-11-8)13-6-3-10-7-13/h3-7,9H,1-2H3. The Morgan fingerprint density at radius 3 is 2.92 bits per heavy atom. The van der Waals surface area contributed by atoms with Gasteiger partial charge in [-0.25, -0.2) is 4.98 Å². The summed E-state index contributed by atoms with van der Waals surface area (Å²) in [6, 6.07) is 0. The maximum atomic E-state index is 4.26. The second-order valence-corrected chi connectivity index (χ2v) is 3.12. The van der Waals surface area contributed by atoms with E-state index in [-0.39, 0.29) is 6.17 Å². The van der Waals surface area contributed by atoms with Gasteiger partial charge >= 0.3 is 0 Å². The first-order valence-corrected chi connectivity index (χ1v) is 4.19. The van der Waals surface area contributed by atoms with Crippen LogP contribution in [0.15, 0.2) is 36.1 Å². The summed E-state index contributed by atoms with van der Waals surface area (Å²) in [5.41, 5.74) is 1.07. The Morgan fingerprint density at radius 1 is 1.46 bits per heavy atom. The molecule has 1 aliphatic rings. The van der Waals surface area contributed by atoms with Gasteiger partial charge in [0, 0.05) is 31.8 Å². The monoisotopic (exact) mass is 176 g/mol. The van der Waals surface area contributed by atoms with Gasteiger partial charge < -0.3 is 9.47 Å². The highest BCUT2D eigenvalue weighted by molar-refractivity contribution is 5.86. The number of aromatic nitrogens is 2. The highest BCUT2D eigenvalue weighted by atomic mass is 15.3. The van der Waals surface area contributed by atoms with Gasteiger partial charge in [0.1, 0.15) is 6.17 Å². The molecule has 1 aromatic heterocycles. The van der Waals surface area contributed by atoms with Crippen LogP contribution in [0, 0.1) is 0 Å². The fourth-order valence-electron chi connectivity index (χ4n) is 1.54. The lowest BCUT2D eigenvalue weighted by molar-refractivity contribution is 0.318. The lowest BCUT2D eigenvalue weighted by Crippen LogP contribution is -2.31. The first kappa shape index (κ1) is 8.04. The molecular formula is C9H12N4. The molecule has 0 amide bonds. The van der Waals surface area contributed by atoms with Crippen LogP contribution in [0.25, 0.3) is 0 Å². The van der Waals surface area contributed by atoms with E-state index in [2.05, 4.69) is 14.9 Å². The second-order valence-electron chi connectivity index (χ2n) is 3.12. The first-order valence-electron chi connectivity index (χ1n) is 4.19. The Kier molecular flexibility index (Phi) is 1.88. The van der Waals surface area contributed by atoms with Crippen LogP contribution < -0.4 is 0 Å². The second kappa shape index (κ2) is 3.05. The molecule has 1 aromatic rings. The van der Waals surface area contributed by atoms with Crippen LogP contribution in [0.1, 0.15) is 13.1 Å². The number of hydrogen-bond donors (Lipinski definition) is 0. The van der Waals surface area contributed by atoms with Gasteiger partial charge in [-0.2, -0.15) is 0 Å². The minimum Gasteiger partial charge on any atom is -0.354 e. The molecule has 4 nitrogen and oxygen atoms in total. The lowest BCUT2D eigenvalue weighted by atomic mass is 10.2. The lowest BCUT2D eigenvalue weighted by Gasteiger charge is -2.29. The van der Waals surface area contributed by atoms with E-state index in [9.17, 15) is 0 Å². The average Bonchev–Trinajstić information content (AvgIpc) is 2.57. The summed E-state index contributed by atoms with van der Waals surface area (Å²) < 4.78 is 2.03. The zero-order valence-electron chi connectivity index (χ0n) is 7.75. The summed E-state index contributed by atoms with van der Waals surface area (Å²) in [5.74, 6) is 0. The van der Waals surface area contributed by atoms with Gasteiger partial charge in [-0.3, -0.25) is 4.99 Å². The van der Waals surface area contributed by atoms with Crippen LogP contribution in [0.2, 0.25) is 0 Å². The quantitative estimate of drug-likeness (QED) is 0.645. The maximum absolute atomic E-state index is 4.26. The van der Waals surface area contributed by atoms with Gasteiger partial charge in [0.25, 0.3) is 0 Å². The molecule has 2 heterocycles. The zero-order chi connectivity index (χ0) is 9.26. The molecule has 0 bridgehead atoms. The Balaban J connectivity index is 2.33. The molecule has 1 aliphatic heterocycles. The van der Waals surface area contributed by atoms with Crippen molar-refractivity contribution in [2.75, 3.05) is 7.05 Å². The van der Waals surface area contributed by atoms with Gasteiger partial charge in [-0.15, -0.1) is 0 Å². The van der Waals surface area contributed by atoms with Gasteiger partial charge in [0.2, 0.25) is 0 Å². The molecular weight excluding hydrogens is 164 g/mol. The van der Waals surface area contributed by atoms with E-state index in [1.165, 1.54) is 0 Å². The number of rotatable bonds is 1. The molecule has 0 radical (unpaired) electrons. The number of hydrogen-bond acceptors (Lipinski definition) is 3. The van der Waals surface area contributed by atoms with Crippen LogP contribution in [0.3, 0.4) is 0 Å². The first-order chi connectivity index (χ1) is 6.29. The van der Waals surface area contributed by atoms with Crippen molar-refractivity contribution in [3.05, 3.63) is 31.1 Å². The average molecular weight is 176 g/mol. The minimum absolute atomic E-state index is 0.174. The molecule has 0 aromatic carbocycles. The molecule has 0 saturated heterocycles. The smallest absolute Gasteiger partial charge is 0.145 e. The molecule has 4 heteroatoms. The summed E-state index contributed by atoms with van der Waals surface area (Å²) in [5, 5.41) is 0. The highest BCUT2D eigenvalue weighted by Gasteiger charge is 2.18. The molecule has 1 atom stereocenters. The molecule has 0 saturated carbocycles. The molecule has 2 rings (SSSR count). The third kappa shape index (κ3) is 1.35. The number of aliphatic imine (C=N–C) groups is 1. The van der Waals surface area contributed by atoms with Gasteiger partial charge in [-0.1, -0.05) is 0 Å². The van der Waals surface area contributed by atoms with E-state index < -0.39 is 0 Å². The molecule has 0 fully saturated rings. The molecule has 0 spiro atoms. The summed E-state index contributed by atoms with van der Waals surface area (Å²) in [6.45, 7) is 2.02. The Hall–Kier alpha value is -1.58. The summed E-state index contributed by atoms with van der Waals surface area (Å²) in [6.07, 6.45) is 9.46. The van der Waals surface area contributed by atoms with E-state index >= 15 is 0 Å². The van der Waals surface area contributed by atoms with Crippen molar-refractivity contribution >= 4 is 5.71 Å². The van der Waals surface area contributed by atoms with Gasteiger partial charge in [0.05, 0.1) is 12.0 Å². The third-order valence-corrected chi connectivity index (χ3v) is 2.15. The molecule has 1 unspecified atom stereocenters. The molecule has 68 valence electrons. The van der Waals surface area contributed by atoms with E-state index in [0.29, 0.717) is 0 Å². The van der Waals surface area contributed by atoms with Crippen LogP contribution in [0.5, 0.6) is 0 Å². The van der Waals surface area contributed by atoms with E-state index in [1.54, 1.807) is 12.5 Å². The maximum Gasteiger partial charge on any atom is 0.145 e. The SMILES string of the molecule is CC1=NC=CN(C)C1n1ccnc1. The van der Waals surface area contributed by atoms with Crippen molar-refractivity contribution in [2.24, 2.45) is 4.99 Å². The van der Waals surface area contributed by atoms with E-state index in [0.717, 1.165) is 5.71 Å². The van der Waals surface area contributed by atoms with Crippen molar-refractivity contribution in [1.29, 1.82) is 0 Å². The highest BCUT2D eigenvalue weighted by Crippen LogP contribution is 2.16. The van der Waals surface area contributed by atoms with E-state index in [4.69, 9.17) is 0 Å².